The van der Waals surface area contributed by atoms with Crippen LogP contribution >= 0.6 is 20.8 Å². The van der Waals surface area contributed by atoms with Crippen molar-refractivity contribution in [2.24, 2.45) is 0 Å². The monoisotopic (exact) mass is 546 g/mol. The molecule has 0 spiro atoms. The number of esters is 1. The Morgan fingerprint density at radius 2 is 1.11 bits per heavy atom. The summed E-state index contributed by atoms with van der Waals surface area (Å²) in [5.74, 6) is 0.0151. The van der Waals surface area contributed by atoms with Crippen LogP contribution in [-0.4, -0.2) is 20.2 Å². The summed E-state index contributed by atoms with van der Waals surface area (Å²) < 4.78 is 10.5. The first-order valence-corrected chi connectivity index (χ1v) is 15.8. The molecule has 0 unspecified atom stereocenters. The quantitative estimate of drug-likeness (QED) is 0.114. The van der Waals surface area contributed by atoms with Gasteiger partial charge in [-0.2, -0.15) is 0 Å². The zero-order chi connectivity index (χ0) is 24.8. The van der Waals surface area contributed by atoms with Gasteiger partial charge in [-0.1, -0.05) is 0 Å². The molecule has 35 heavy (non-hydrogen) atoms. The van der Waals surface area contributed by atoms with Crippen molar-refractivity contribution in [3.8, 4) is 0 Å². The van der Waals surface area contributed by atoms with Crippen LogP contribution in [-0.2, 0) is 20.4 Å². The summed E-state index contributed by atoms with van der Waals surface area (Å²) in [6.07, 6.45) is 2.08. The minimum atomic E-state index is -3.21. The average Bonchev–Trinajstić information content (AvgIpc) is 2.93. The third-order valence-corrected chi connectivity index (χ3v) is 15.8. The number of hydrogen-bond acceptors (Lipinski definition) is 3. The van der Waals surface area contributed by atoms with Crippen LogP contribution in [0, 0.1) is 0 Å². The number of benzene rings is 4. The summed E-state index contributed by atoms with van der Waals surface area (Å²) in [6.45, 7) is 0. The van der Waals surface area contributed by atoms with Crippen molar-refractivity contribution in [3.63, 3.8) is 0 Å². The predicted molar refractivity (Wildman–Crippen MR) is 151 cm³/mol. The van der Waals surface area contributed by atoms with Crippen molar-refractivity contribution in [1.82, 2.24) is 0 Å². The Morgan fingerprint density at radius 1 is 0.686 bits per heavy atom. The molecule has 0 heterocycles. The number of carbonyl (C=O) groups excluding carboxylic acids is 1. The van der Waals surface area contributed by atoms with Gasteiger partial charge in [-0.3, -0.25) is 0 Å². The summed E-state index contributed by atoms with van der Waals surface area (Å²) in [5, 5.41) is 0.459. The molecule has 4 rings (SSSR count). The van der Waals surface area contributed by atoms with Crippen LogP contribution in [0.4, 0.5) is 0 Å². The molecule has 178 valence electrons. The Kier molecular flexibility index (Phi) is 7.54. The van der Waals surface area contributed by atoms with E-state index < -0.39 is 11.3 Å². The van der Waals surface area contributed by atoms with Gasteiger partial charge >= 0.3 is 216 Å². The molecule has 0 fully saturated rings. The van der Waals surface area contributed by atoms with E-state index in [1.165, 1.54) is 29.1 Å². The summed E-state index contributed by atoms with van der Waals surface area (Å²) in [7, 11) is 2.94. The molecular formula is C30H28BrO3P. The molecule has 5 heteroatoms. The normalized spacial score (nSPS) is 12.9. The van der Waals surface area contributed by atoms with E-state index in [0.29, 0.717) is 11.9 Å². The van der Waals surface area contributed by atoms with E-state index in [1.807, 2.05) is 36.4 Å². The fraction of sp³-hybridized carbons (Fsp3) is 0.100. The molecule has 0 saturated carbocycles. The number of halogens is 1. The molecule has 0 bridgehead atoms. The first kappa shape index (κ1) is 24.9. The Labute approximate surface area is 215 Å². The van der Waals surface area contributed by atoms with E-state index in [0.717, 1.165) is 11.1 Å². The van der Waals surface area contributed by atoms with Gasteiger partial charge in [0, 0.05) is 0 Å². The van der Waals surface area contributed by atoms with Gasteiger partial charge in [0.05, 0.1) is 0 Å². The number of carbonyl (C=O) groups is 1. The summed E-state index contributed by atoms with van der Waals surface area (Å²) >= 11 is 4.50. The average molecular weight is 547 g/mol. The van der Waals surface area contributed by atoms with E-state index in [-0.39, 0.29) is 0 Å². The minimum absolute atomic E-state index is 0.456. The van der Waals surface area contributed by atoms with E-state index in [9.17, 15) is 4.79 Å². The van der Waals surface area contributed by atoms with Crippen LogP contribution in [0.1, 0.15) is 11.1 Å². The zero-order valence-electron chi connectivity index (χ0n) is 19.8. The molecule has 0 aliphatic heterocycles. The number of ether oxygens (including phenoxy) is 2. The Hall–Kier alpha value is -3.20. The van der Waals surface area contributed by atoms with Crippen molar-refractivity contribution in [3.05, 3.63) is 132 Å². The van der Waals surface area contributed by atoms with Crippen molar-refractivity contribution < 1.29 is 14.3 Å². The molecule has 4 aromatic rings. The third kappa shape index (κ3) is 4.69. The van der Waals surface area contributed by atoms with Gasteiger partial charge in [-0.05, 0) is 0 Å². The molecular weight excluding hydrogens is 519 g/mol. The van der Waals surface area contributed by atoms with Gasteiger partial charge in [0.25, 0.3) is 0 Å². The van der Waals surface area contributed by atoms with E-state index in [2.05, 4.69) is 94.4 Å². The molecule has 0 amide bonds. The van der Waals surface area contributed by atoms with Gasteiger partial charge in [-0.25, -0.2) is 0 Å². The van der Waals surface area contributed by atoms with Gasteiger partial charge < -0.3 is 0 Å². The van der Waals surface area contributed by atoms with Crippen LogP contribution in [0.3, 0.4) is 0 Å². The van der Waals surface area contributed by atoms with Crippen molar-refractivity contribution in [2.45, 2.75) is 6.16 Å². The van der Waals surface area contributed by atoms with E-state index in [1.54, 1.807) is 7.11 Å². The number of hydrogen-bond donors (Lipinski definition) is 0. The van der Waals surface area contributed by atoms with Crippen LogP contribution in [0.2, 0.25) is 0 Å². The van der Waals surface area contributed by atoms with E-state index in [4.69, 9.17) is 9.47 Å². The summed E-state index contributed by atoms with van der Waals surface area (Å²) in [4.78, 5) is 12.1. The van der Waals surface area contributed by atoms with Crippen molar-refractivity contribution >= 4 is 48.4 Å². The maximum absolute atomic E-state index is 12.1. The Bertz CT molecular complexity index is 1220. The van der Waals surface area contributed by atoms with Gasteiger partial charge in [0.1, 0.15) is 0 Å². The van der Waals surface area contributed by atoms with E-state index >= 15 is 0 Å². The second-order valence-electron chi connectivity index (χ2n) is 8.24. The predicted octanol–water partition coefficient (Wildman–Crippen LogP) is 6.19. The standard InChI is InChI=1S/C30H28BrO3P/c1-33-29(22-30(32)34-2)28-21-13-12-14-24(28)23-35(31,25-15-6-3-7-16-25,26-17-8-4-9-18-26)27-19-10-5-11-20-27/h3-22H,23H2,1-2H3/b29-22+. The molecule has 0 saturated heterocycles. The summed E-state index contributed by atoms with van der Waals surface area (Å²) in [5.41, 5.74) is 1.92. The molecule has 0 atom stereocenters. The zero-order valence-corrected chi connectivity index (χ0v) is 22.3. The number of methoxy groups -OCH3 is 2. The third-order valence-electron chi connectivity index (χ3n) is 6.30. The van der Waals surface area contributed by atoms with Crippen LogP contribution in [0.5, 0.6) is 0 Å². The second-order valence-corrected chi connectivity index (χ2v) is 17.2. The van der Waals surface area contributed by atoms with Gasteiger partial charge in [0.15, 0.2) is 0 Å². The molecule has 4 aromatic carbocycles. The van der Waals surface area contributed by atoms with Crippen LogP contribution in [0.25, 0.3) is 5.76 Å². The fourth-order valence-electron chi connectivity index (χ4n) is 4.57. The van der Waals surface area contributed by atoms with Crippen molar-refractivity contribution in [2.75, 3.05) is 14.2 Å². The topological polar surface area (TPSA) is 35.5 Å². The Balaban J connectivity index is 2.05. The van der Waals surface area contributed by atoms with Crippen LogP contribution in [0.15, 0.2) is 121 Å². The fourth-order valence-corrected chi connectivity index (χ4v) is 12.2. The first-order chi connectivity index (χ1) is 17.0. The SMILES string of the molecule is COC(=O)/C=C(/OC)c1ccccc1CP(Br)(c1ccccc1)(c1ccccc1)c1ccccc1. The summed E-state index contributed by atoms with van der Waals surface area (Å²) in [6, 6.07) is 40.0. The molecule has 0 N–H and O–H groups in total. The Morgan fingerprint density at radius 3 is 1.54 bits per heavy atom. The molecule has 0 radical (unpaired) electrons. The maximum atomic E-state index is 12.1. The molecule has 3 nitrogen and oxygen atoms in total. The van der Waals surface area contributed by atoms with Gasteiger partial charge in [0.2, 0.25) is 0 Å². The second kappa shape index (κ2) is 10.6. The molecule has 0 aliphatic carbocycles. The number of rotatable bonds is 8. The van der Waals surface area contributed by atoms with Gasteiger partial charge in [-0.15, -0.1) is 0 Å². The van der Waals surface area contributed by atoms with Crippen molar-refractivity contribution in [1.29, 1.82) is 0 Å². The molecule has 0 aliphatic rings. The first-order valence-electron chi connectivity index (χ1n) is 11.3. The molecule has 0 aromatic heterocycles. The van der Waals surface area contributed by atoms with Crippen LogP contribution < -0.4 is 15.9 Å².